The Hall–Kier alpha value is -7.78. The van der Waals surface area contributed by atoms with E-state index in [4.69, 9.17) is 31.8 Å². The summed E-state index contributed by atoms with van der Waals surface area (Å²) in [5, 5.41) is 31.2. The summed E-state index contributed by atoms with van der Waals surface area (Å²) in [4.78, 5) is 142. The summed E-state index contributed by atoms with van der Waals surface area (Å²) < 4.78 is 37.9. The number of ketones is 1. The number of imide groups is 1. The van der Waals surface area contributed by atoms with Crippen LogP contribution >= 0.6 is 0 Å². The van der Waals surface area contributed by atoms with Crippen LogP contribution in [0.1, 0.15) is 146 Å². The Morgan fingerprint density at radius 1 is 0.883 bits per heavy atom. The van der Waals surface area contributed by atoms with E-state index in [1.165, 1.54) is 20.1 Å². The second kappa shape index (κ2) is 30.3. The molecule has 8 N–H and O–H groups in total. The molecule has 2 aromatic carbocycles. The Balaban J connectivity index is 0.839. The normalized spacial score (nSPS) is 21.0. The first-order chi connectivity index (χ1) is 44.5. The quantitative estimate of drug-likeness (QED) is 0.0151. The van der Waals surface area contributed by atoms with Crippen LogP contribution in [0.5, 0.6) is 0 Å². The first-order valence-electron chi connectivity index (χ1n) is 32.4. The van der Waals surface area contributed by atoms with Crippen molar-refractivity contribution >= 4 is 83.3 Å². The van der Waals surface area contributed by atoms with Crippen LogP contribution in [0.2, 0.25) is 0 Å². The average Bonchev–Trinajstić information content (AvgIpc) is 1.45. The standard InChI is InChI=1S/C68H89BFN9O15/c1-11-66(8,12-2)46-29-56(84)79(63(46)88)51(31-71-23-21-65(6,7)94-24-22-67(9,69)91-10)62(87)74-32-53(81)72-34-55(83)76-50(25-39-17-15-14-16-18-39)61(86)73-33-54(82)75-36-93-38(5)60(85)78-48-20-19-41-37(4)47(70)30-49-57(41)58(48)43-26-40-27-52(80)44-35-92-64(89)68(90,13-3)45(44)28-42(40)59(43)77-49/h14-18,28,30,38,40,46,48,50-51,71,90H,11-13,19-27,29,31-36H2,1-10H3,(H,72,81)(H,73,86)(H,74,87)(H,75,82)(H,76,83)(H,78,85)/t38-,40?,46?,48+,50+,51+,67?,68+/m1/s1. The SMILES string of the molecule is [B]C(C)(CCOC(C)(C)CCNC[C@@H](C(=O)NCC(=O)NCC(=O)N[C@@H](Cc1ccccc1)C(=O)NCC(=O)NCO[C@H](C)C(=O)N[C@H]1CCc2c(C)c(F)cc3nc4c(c1c23)CC1CC(=O)C2=C(C=C41)[C@@](O)(CC)C(=O)OC2)N1C(=O)CC(C(C)(CC)CC)C1=O)OC. The zero-order valence-corrected chi connectivity index (χ0v) is 55.5. The summed E-state index contributed by atoms with van der Waals surface area (Å²) in [6, 6.07) is 6.92. The summed E-state index contributed by atoms with van der Waals surface area (Å²) >= 11 is 0. The summed E-state index contributed by atoms with van der Waals surface area (Å²) in [6.07, 6.45) is 3.79. The van der Waals surface area contributed by atoms with Crippen LogP contribution in [0.25, 0.3) is 16.5 Å². The van der Waals surface area contributed by atoms with Crippen LogP contribution < -0.4 is 37.2 Å². The number of halogens is 1. The molecular weight excluding hydrogens is 1210 g/mol. The van der Waals surface area contributed by atoms with Gasteiger partial charge in [-0.2, -0.15) is 0 Å². The number of hydrogen-bond acceptors (Lipinski definition) is 17. The second-order valence-electron chi connectivity index (χ2n) is 26.3. The van der Waals surface area contributed by atoms with E-state index in [-0.39, 0.29) is 55.8 Å². The van der Waals surface area contributed by atoms with E-state index in [2.05, 4.69) is 37.2 Å². The van der Waals surface area contributed by atoms with Crippen molar-refractivity contribution in [3.8, 4) is 0 Å². The van der Waals surface area contributed by atoms with Gasteiger partial charge in [-0.15, -0.1) is 0 Å². The molecule has 94 heavy (non-hydrogen) atoms. The molecule has 3 heterocycles. The van der Waals surface area contributed by atoms with Gasteiger partial charge >= 0.3 is 5.97 Å². The van der Waals surface area contributed by atoms with Gasteiger partial charge in [-0.1, -0.05) is 58.0 Å². The highest BCUT2D eigenvalue weighted by molar-refractivity contribution is 6.14. The number of fused-ring (bicyclic) bond motifs is 4. The maximum absolute atomic E-state index is 15.6. The van der Waals surface area contributed by atoms with Crippen LogP contribution in [0.15, 0.2) is 53.6 Å². The number of nitrogens with one attached hydrogen (secondary N) is 7. The van der Waals surface area contributed by atoms with Crippen molar-refractivity contribution in [3.63, 3.8) is 0 Å². The summed E-state index contributed by atoms with van der Waals surface area (Å²) in [5.74, 6) is -7.90. The number of pyridine rings is 1. The third-order valence-corrected chi connectivity index (χ3v) is 19.5. The van der Waals surface area contributed by atoms with Crippen molar-refractivity contribution in [3.05, 3.63) is 92.9 Å². The fourth-order valence-electron chi connectivity index (χ4n) is 12.9. The lowest BCUT2D eigenvalue weighted by Crippen LogP contribution is -2.56. The molecule has 0 spiro atoms. The number of ether oxygens (including phenoxy) is 4. The number of aliphatic hydroxyl groups is 1. The van der Waals surface area contributed by atoms with Gasteiger partial charge in [0.15, 0.2) is 11.4 Å². The number of carbonyl (C=O) groups excluding carboxylic acids is 10. The number of nitrogens with zero attached hydrogens (tertiary/aromatic N) is 2. The Kier molecular flexibility index (Phi) is 23.2. The minimum Gasteiger partial charge on any atom is -0.458 e. The molecule has 506 valence electrons. The third-order valence-electron chi connectivity index (χ3n) is 19.5. The highest BCUT2D eigenvalue weighted by atomic mass is 19.1. The van der Waals surface area contributed by atoms with Crippen LogP contribution in [0.3, 0.4) is 0 Å². The summed E-state index contributed by atoms with van der Waals surface area (Å²) in [7, 11) is 7.60. The van der Waals surface area contributed by atoms with Crippen LogP contribution in [0.4, 0.5) is 4.39 Å². The Morgan fingerprint density at radius 3 is 2.24 bits per heavy atom. The van der Waals surface area contributed by atoms with Gasteiger partial charge in [-0.05, 0) is 143 Å². The van der Waals surface area contributed by atoms with E-state index < -0.39 is 144 Å². The topological polar surface area (TPSA) is 328 Å². The fourth-order valence-corrected chi connectivity index (χ4v) is 12.9. The number of allylic oxidation sites excluding steroid dienone is 1. The molecule has 3 aliphatic carbocycles. The van der Waals surface area contributed by atoms with Gasteiger partial charge in [0.1, 0.15) is 45.2 Å². The van der Waals surface area contributed by atoms with E-state index in [1.54, 1.807) is 57.2 Å². The first-order valence-corrected chi connectivity index (χ1v) is 32.4. The average molecular weight is 1300 g/mol. The maximum Gasteiger partial charge on any atom is 0.343 e. The minimum atomic E-state index is -2.05. The minimum absolute atomic E-state index is 0.0121. The molecule has 3 aromatic rings. The Labute approximate surface area is 548 Å². The van der Waals surface area contributed by atoms with Gasteiger partial charge in [-0.3, -0.25) is 48.1 Å². The number of esters is 1. The highest BCUT2D eigenvalue weighted by Crippen LogP contribution is 2.50. The van der Waals surface area contributed by atoms with Crippen LogP contribution in [0, 0.1) is 30.0 Å². The molecule has 1 aromatic heterocycles. The van der Waals surface area contributed by atoms with Gasteiger partial charge in [0.25, 0.3) is 0 Å². The molecule has 0 bridgehead atoms. The summed E-state index contributed by atoms with van der Waals surface area (Å²) in [5.41, 5.74) is 1.19. The number of carbonyl (C=O) groups is 10. The number of benzene rings is 2. The first kappa shape index (κ1) is 72.1. The molecule has 1 fully saturated rings. The number of amides is 8. The smallest absolute Gasteiger partial charge is 0.343 e. The Morgan fingerprint density at radius 2 is 1.56 bits per heavy atom. The number of aryl methyl sites for hydroxylation is 1. The lowest BCUT2D eigenvalue weighted by Gasteiger charge is -2.33. The van der Waals surface area contributed by atoms with Crippen molar-refractivity contribution in [2.75, 3.05) is 59.8 Å². The van der Waals surface area contributed by atoms with E-state index >= 15 is 4.39 Å². The molecule has 24 nitrogen and oxygen atoms in total. The molecule has 8 atom stereocenters. The van der Waals surface area contributed by atoms with Gasteiger partial charge in [0, 0.05) is 67.6 Å². The van der Waals surface area contributed by atoms with E-state index in [0.29, 0.717) is 91.4 Å². The van der Waals surface area contributed by atoms with Gasteiger partial charge in [0.2, 0.25) is 47.3 Å². The van der Waals surface area contributed by atoms with Crippen molar-refractivity contribution in [2.45, 2.75) is 174 Å². The summed E-state index contributed by atoms with van der Waals surface area (Å²) in [6.45, 7) is 14.2. The lowest BCUT2D eigenvalue weighted by molar-refractivity contribution is -0.163. The number of hydrogen-bond donors (Lipinski definition) is 8. The number of aromatic nitrogens is 1. The van der Waals surface area contributed by atoms with E-state index in [0.717, 1.165) is 21.6 Å². The largest absolute Gasteiger partial charge is 0.458 e. The van der Waals surface area contributed by atoms with Crippen LogP contribution in [-0.4, -0.2) is 177 Å². The maximum atomic E-state index is 15.6. The molecular formula is C68H89BFN9O15. The van der Waals surface area contributed by atoms with Crippen molar-refractivity contribution < 1.29 is 76.4 Å². The zero-order chi connectivity index (χ0) is 68.6. The lowest BCUT2D eigenvalue weighted by atomic mass is 9.72. The molecule has 8 rings (SSSR count). The van der Waals surface area contributed by atoms with Gasteiger partial charge in [-0.25, -0.2) is 14.2 Å². The molecule has 8 amide bonds. The predicted molar refractivity (Wildman–Crippen MR) is 344 cm³/mol. The van der Waals surface area contributed by atoms with E-state index in [9.17, 15) is 53.1 Å². The Bertz CT molecular complexity index is 3520. The molecule has 3 unspecified atom stereocenters. The third kappa shape index (κ3) is 16.3. The van der Waals surface area contributed by atoms with Crippen LogP contribution in [-0.2, 0) is 86.2 Å². The van der Waals surface area contributed by atoms with Crippen molar-refractivity contribution in [1.82, 2.24) is 47.1 Å². The zero-order valence-electron chi connectivity index (χ0n) is 55.5. The number of methoxy groups -OCH3 is 1. The number of rotatable bonds is 31. The fraction of sp³-hybridized carbons (Fsp3) is 0.574. The molecule has 2 radical (unpaired) electrons. The second-order valence-corrected chi connectivity index (χ2v) is 26.3. The highest BCUT2D eigenvalue weighted by Gasteiger charge is 2.52. The van der Waals surface area contributed by atoms with Crippen molar-refractivity contribution in [1.29, 1.82) is 0 Å². The predicted octanol–water partition coefficient (Wildman–Crippen LogP) is 3.13. The molecule has 2 aliphatic heterocycles. The number of likely N-dealkylation sites (tertiary alicyclic amines) is 1. The molecule has 1 saturated heterocycles. The van der Waals surface area contributed by atoms with Gasteiger partial charge < -0.3 is 61.3 Å². The number of cyclic esters (lactones) is 1. The van der Waals surface area contributed by atoms with Gasteiger partial charge in [0.05, 0.1) is 48.4 Å². The molecule has 5 aliphatic rings. The van der Waals surface area contributed by atoms with E-state index in [1.807, 2.05) is 34.6 Å². The monoisotopic (exact) mass is 1300 g/mol. The van der Waals surface area contributed by atoms with Crippen molar-refractivity contribution in [2.24, 2.45) is 17.3 Å². The molecule has 0 saturated carbocycles. The molecule has 26 heteroatoms. The number of Topliss-reactive ketones (excluding diaryl/α,β-unsaturated/α-hetero) is 1.